The molecule has 1 heterocycles. The first-order chi connectivity index (χ1) is 7.59. The van der Waals surface area contributed by atoms with Crippen molar-refractivity contribution in [2.24, 2.45) is 0 Å². The minimum atomic E-state index is -3.67. The molecule has 16 heavy (non-hydrogen) atoms. The number of hydrogen-bond acceptors (Lipinski definition) is 3. The Balaban J connectivity index is 2.37. The Hall–Kier alpha value is -1.53. The van der Waals surface area contributed by atoms with Crippen molar-refractivity contribution in [1.82, 2.24) is 9.97 Å². The van der Waals surface area contributed by atoms with Crippen LogP contribution in [0, 0.1) is 0 Å². The van der Waals surface area contributed by atoms with Crippen LogP contribution in [0.1, 0.15) is 0 Å². The van der Waals surface area contributed by atoms with Crippen LogP contribution in [0.15, 0.2) is 41.7 Å². The summed E-state index contributed by atoms with van der Waals surface area (Å²) < 4.78 is 26.1. The van der Waals surface area contributed by atoms with Crippen molar-refractivity contribution in [2.45, 2.75) is 4.90 Å². The molecule has 0 saturated heterocycles. The lowest BCUT2D eigenvalue weighted by atomic mass is 10.4. The van der Waals surface area contributed by atoms with Gasteiger partial charge < -0.3 is 4.98 Å². The van der Waals surface area contributed by atoms with Crippen molar-refractivity contribution in [3.05, 3.63) is 41.8 Å². The molecule has 2 rings (SSSR count). The molecule has 0 bridgehead atoms. The van der Waals surface area contributed by atoms with E-state index in [0.29, 0.717) is 5.82 Å². The summed E-state index contributed by atoms with van der Waals surface area (Å²) in [6.45, 7) is 0. The molecule has 7 heteroatoms. The van der Waals surface area contributed by atoms with Gasteiger partial charge in [0.1, 0.15) is 10.7 Å². The summed E-state index contributed by atoms with van der Waals surface area (Å²) in [4.78, 5) is 6.38. The fraction of sp³-hybridized carbons (Fsp3) is 0. The molecule has 2 aromatic rings. The van der Waals surface area contributed by atoms with E-state index in [4.69, 9.17) is 11.6 Å². The Labute approximate surface area is 97.5 Å². The summed E-state index contributed by atoms with van der Waals surface area (Å²) in [5, 5.41) is 0.175. The van der Waals surface area contributed by atoms with Crippen LogP contribution in [0.4, 0.5) is 5.82 Å². The average Bonchev–Trinajstić information content (AvgIpc) is 2.70. The lowest BCUT2D eigenvalue weighted by Gasteiger charge is -2.06. The zero-order valence-electron chi connectivity index (χ0n) is 8.01. The molecule has 2 N–H and O–H groups in total. The molecule has 0 aliphatic heterocycles. The molecule has 0 aliphatic rings. The minimum Gasteiger partial charge on any atom is -0.331 e. The lowest BCUT2D eigenvalue weighted by Crippen LogP contribution is -2.13. The fourth-order valence-electron chi connectivity index (χ4n) is 1.17. The van der Waals surface area contributed by atoms with E-state index in [1.807, 2.05) is 0 Å². The third-order valence-electron chi connectivity index (χ3n) is 1.87. The fourth-order valence-corrected chi connectivity index (χ4v) is 2.71. The van der Waals surface area contributed by atoms with Gasteiger partial charge in [-0.3, -0.25) is 4.72 Å². The van der Waals surface area contributed by atoms with Crippen molar-refractivity contribution < 1.29 is 8.42 Å². The number of hydrogen-bond donors (Lipinski definition) is 2. The molecule has 5 nitrogen and oxygen atoms in total. The van der Waals surface area contributed by atoms with Crippen molar-refractivity contribution in [3.63, 3.8) is 0 Å². The first-order valence-electron chi connectivity index (χ1n) is 4.35. The van der Waals surface area contributed by atoms with Gasteiger partial charge in [-0.25, -0.2) is 13.4 Å². The number of nitrogens with zero attached hydrogens (tertiary/aromatic N) is 1. The number of halogens is 1. The van der Waals surface area contributed by atoms with Gasteiger partial charge >= 0.3 is 0 Å². The molecule has 0 amide bonds. The number of aromatic amines is 1. The van der Waals surface area contributed by atoms with Crippen LogP contribution >= 0.6 is 11.6 Å². The summed E-state index contributed by atoms with van der Waals surface area (Å²) in [6.07, 6.45) is 2.75. The highest BCUT2D eigenvalue weighted by Gasteiger charge is 2.17. The van der Waals surface area contributed by atoms with Crippen LogP contribution in [0.3, 0.4) is 0 Å². The van der Waals surface area contributed by atoms with Crippen molar-refractivity contribution in [1.29, 1.82) is 0 Å². The van der Waals surface area contributed by atoms with Crippen LogP contribution in [0.5, 0.6) is 0 Å². The van der Waals surface area contributed by atoms with Gasteiger partial charge in [-0.1, -0.05) is 23.7 Å². The van der Waals surface area contributed by atoms with Gasteiger partial charge in [0.25, 0.3) is 10.0 Å². The Morgan fingerprint density at radius 1 is 1.31 bits per heavy atom. The molecule has 0 fully saturated rings. The SMILES string of the molecule is O=S(=O)(Nc1cnc[nH]1)c1ccccc1Cl. The molecular formula is C9H8ClN3O2S. The predicted octanol–water partition coefficient (Wildman–Crippen LogP) is 1.86. The van der Waals surface area contributed by atoms with Gasteiger partial charge in [0.15, 0.2) is 0 Å². The van der Waals surface area contributed by atoms with E-state index in [1.54, 1.807) is 12.1 Å². The number of imidazole rings is 1. The van der Waals surface area contributed by atoms with Crippen molar-refractivity contribution in [3.8, 4) is 0 Å². The van der Waals surface area contributed by atoms with Crippen LogP contribution in [0.2, 0.25) is 5.02 Å². The minimum absolute atomic E-state index is 0.0336. The van der Waals surface area contributed by atoms with Crippen molar-refractivity contribution in [2.75, 3.05) is 4.72 Å². The van der Waals surface area contributed by atoms with E-state index in [2.05, 4.69) is 14.7 Å². The summed E-state index contributed by atoms with van der Waals surface area (Å²) in [5.41, 5.74) is 0. The second-order valence-corrected chi connectivity index (χ2v) is 5.06. The lowest BCUT2D eigenvalue weighted by molar-refractivity contribution is 0.601. The van der Waals surface area contributed by atoms with Crippen LogP contribution in [-0.4, -0.2) is 18.4 Å². The quantitative estimate of drug-likeness (QED) is 0.881. The summed E-state index contributed by atoms with van der Waals surface area (Å²) in [5.74, 6) is 0.292. The van der Waals surface area contributed by atoms with Gasteiger partial charge in [-0.15, -0.1) is 0 Å². The van der Waals surface area contributed by atoms with E-state index in [9.17, 15) is 8.42 Å². The molecule has 0 spiro atoms. The maximum absolute atomic E-state index is 11.9. The predicted molar refractivity (Wildman–Crippen MR) is 60.8 cm³/mol. The Morgan fingerprint density at radius 3 is 2.69 bits per heavy atom. The first kappa shape index (κ1) is 11.0. The molecule has 0 atom stereocenters. The monoisotopic (exact) mass is 257 g/mol. The Morgan fingerprint density at radius 2 is 2.06 bits per heavy atom. The zero-order valence-corrected chi connectivity index (χ0v) is 9.59. The molecule has 0 radical (unpaired) electrons. The number of rotatable bonds is 3. The number of H-pyrrole nitrogens is 1. The third kappa shape index (κ3) is 2.17. The molecule has 1 aromatic heterocycles. The van der Waals surface area contributed by atoms with E-state index >= 15 is 0 Å². The second-order valence-electron chi connectivity index (χ2n) is 3.00. The maximum atomic E-state index is 11.9. The molecule has 0 unspecified atom stereocenters. The highest BCUT2D eigenvalue weighted by atomic mass is 35.5. The maximum Gasteiger partial charge on any atom is 0.264 e. The largest absolute Gasteiger partial charge is 0.331 e. The van der Waals surface area contributed by atoms with Gasteiger partial charge in [0.05, 0.1) is 17.5 Å². The smallest absolute Gasteiger partial charge is 0.264 e. The van der Waals surface area contributed by atoms with E-state index in [0.717, 1.165) is 0 Å². The van der Waals surface area contributed by atoms with E-state index < -0.39 is 10.0 Å². The van der Waals surface area contributed by atoms with Gasteiger partial charge in [0, 0.05) is 0 Å². The zero-order chi connectivity index (χ0) is 11.6. The number of benzene rings is 1. The van der Waals surface area contributed by atoms with E-state index in [1.165, 1.54) is 24.7 Å². The van der Waals surface area contributed by atoms with E-state index in [-0.39, 0.29) is 9.92 Å². The number of nitrogens with one attached hydrogen (secondary N) is 2. The highest BCUT2D eigenvalue weighted by Crippen LogP contribution is 2.22. The average molecular weight is 258 g/mol. The highest BCUT2D eigenvalue weighted by molar-refractivity contribution is 7.92. The summed E-state index contributed by atoms with van der Waals surface area (Å²) in [6, 6.07) is 6.22. The summed E-state index contributed by atoms with van der Waals surface area (Å²) >= 11 is 5.80. The standard InChI is InChI=1S/C9H8ClN3O2S/c10-7-3-1-2-4-8(7)16(14,15)13-9-5-11-6-12-9/h1-6,13H,(H,11,12). The normalized spacial score (nSPS) is 11.3. The Bertz CT molecular complexity index is 581. The topological polar surface area (TPSA) is 74.8 Å². The van der Waals surface area contributed by atoms with Crippen LogP contribution in [-0.2, 0) is 10.0 Å². The second kappa shape index (κ2) is 4.15. The number of sulfonamides is 1. The third-order valence-corrected chi connectivity index (χ3v) is 3.73. The number of aromatic nitrogens is 2. The molecule has 1 aromatic carbocycles. The van der Waals surface area contributed by atoms with Crippen molar-refractivity contribution >= 4 is 27.4 Å². The van der Waals surface area contributed by atoms with Crippen LogP contribution < -0.4 is 4.72 Å². The van der Waals surface area contributed by atoms with Gasteiger partial charge in [0.2, 0.25) is 0 Å². The summed E-state index contributed by atoms with van der Waals surface area (Å²) in [7, 11) is -3.67. The number of anilines is 1. The van der Waals surface area contributed by atoms with Gasteiger partial charge in [-0.05, 0) is 12.1 Å². The molecule has 0 saturated carbocycles. The molecule has 0 aliphatic carbocycles. The Kier molecular flexibility index (Phi) is 2.84. The first-order valence-corrected chi connectivity index (χ1v) is 6.21. The molecule has 84 valence electrons. The van der Waals surface area contributed by atoms with Crippen LogP contribution in [0.25, 0.3) is 0 Å². The molecular weight excluding hydrogens is 250 g/mol. The van der Waals surface area contributed by atoms with Gasteiger partial charge in [-0.2, -0.15) is 0 Å².